The van der Waals surface area contributed by atoms with E-state index in [0.717, 1.165) is 35.5 Å². The van der Waals surface area contributed by atoms with E-state index in [1.807, 2.05) is 24.3 Å². The normalized spacial score (nSPS) is 22.1. The highest BCUT2D eigenvalue weighted by Gasteiger charge is 2.40. The van der Waals surface area contributed by atoms with Gasteiger partial charge in [-0.1, -0.05) is 6.07 Å². The second-order valence-electron chi connectivity index (χ2n) is 5.92. The van der Waals surface area contributed by atoms with E-state index in [2.05, 4.69) is 10.3 Å². The highest BCUT2D eigenvalue weighted by atomic mass is 16.5. The Morgan fingerprint density at radius 1 is 1.24 bits per heavy atom. The molecule has 1 saturated carbocycles. The number of rotatable bonds is 3. The number of pyridine rings is 1. The molecule has 4 rings (SSSR count). The van der Waals surface area contributed by atoms with E-state index in [-0.39, 0.29) is 5.56 Å². The molecule has 0 radical (unpaired) electrons. The van der Waals surface area contributed by atoms with Crippen LogP contribution in [-0.4, -0.2) is 12.1 Å². The SMILES string of the molecule is COc1cccc(Nc2c[nH]c(=O)c3c2C2CCC3C2)c1. The smallest absolute Gasteiger partial charge is 0.251 e. The molecule has 2 aromatic rings. The van der Waals surface area contributed by atoms with Crippen LogP contribution in [0.5, 0.6) is 5.75 Å². The average molecular weight is 282 g/mol. The molecular formula is C17H18N2O2. The quantitative estimate of drug-likeness (QED) is 0.906. The Labute approximate surface area is 123 Å². The highest BCUT2D eigenvalue weighted by Crippen LogP contribution is 2.54. The molecule has 21 heavy (non-hydrogen) atoms. The molecule has 2 N–H and O–H groups in total. The number of anilines is 2. The summed E-state index contributed by atoms with van der Waals surface area (Å²) in [6.07, 6.45) is 5.30. The van der Waals surface area contributed by atoms with E-state index >= 15 is 0 Å². The van der Waals surface area contributed by atoms with Gasteiger partial charge in [0.25, 0.3) is 5.56 Å². The zero-order valence-electron chi connectivity index (χ0n) is 12.0. The summed E-state index contributed by atoms with van der Waals surface area (Å²) in [6, 6.07) is 7.85. The number of methoxy groups -OCH3 is 1. The van der Waals surface area contributed by atoms with Gasteiger partial charge in [-0.25, -0.2) is 0 Å². The van der Waals surface area contributed by atoms with Crippen LogP contribution in [0.3, 0.4) is 0 Å². The Bertz CT molecular complexity index is 751. The molecular weight excluding hydrogens is 264 g/mol. The van der Waals surface area contributed by atoms with Gasteiger partial charge in [-0.15, -0.1) is 0 Å². The monoisotopic (exact) mass is 282 g/mol. The molecule has 0 saturated heterocycles. The summed E-state index contributed by atoms with van der Waals surface area (Å²) in [6.45, 7) is 0. The number of aromatic nitrogens is 1. The topological polar surface area (TPSA) is 54.1 Å². The lowest BCUT2D eigenvalue weighted by molar-refractivity contribution is 0.415. The summed E-state index contributed by atoms with van der Waals surface area (Å²) in [5.41, 5.74) is 4.35. The fourth-order valence-electron chi connectivity index (χ4n) is 3.87. The van der Waals surface area contributed by atoms with Gasteiger partial charge in [0.1, 0.15) is 5.75 Å². The Morgan fingerprint density at radius 2 is 2.05 bits per heavy atom. The lowest BCUT2D eigenvalue weighted by Crippen LogP contribution is -2.17. The van der Waals surface area contributed by atoms with Gasteiger partial charge in [-0.3, -0.25) is 4.79 Å². The highest BCUT2D eigenvalue weighted by molar-refractivity contribution is 5.67. The molecule has 2 aliphatic carbocycles. The second kappa shape index (κ2) is 4.65. The molecule has 4 nitrogen and oxygen atoms in total. The van der Waals surface area contributed by atoms with Gasteiger partial charge in [-0.2, -0.15) is 0 Å². The molecule has 0 amide bonds. The minimum atomic E-state index is 0.0911. The molecule has 0 aliphatic heterocycles. The van der Waals surface area contributed by atoms with Crippen molar-refractivity contribution >= 4 is 11.4 Å². The van der Waals surface area contributed by atoms with Crippen molar-refractivity contribution in [1.29, 1.82) is 0 Å². The molecule has 2 unspecified atom stereocenters. The molecule has 1 aromatic carbocycles. The summed E-state index contributed by atoms with van der Waals surface area (Å²) in [4.78, 5) is 15.0. The van der Waals surface area contributed by atoms with Crippen LogP contribution in [0.2, 0.25) is 0 Å². The van der Waals surface area contributed by atoms with Crippen molar-refractivity contribution in [3.05, 3.63) is 51.9 Å². The lowest BCUT2D eigenvalue weighted by Gasteiger charge is -2.19. The molecule has 1 aromatic heterocycles. The van der Waals surface area contributed by atoms with Crippen LogP contribution >= 0.6 is 0 Å². The molecule has 108 valence electrons. The zero-order chi connectivity index (χ0) is 14.4. The van der Waals surface area contributed by atoms with Crippen molar-refractivity contribution in [3.63, 3.8) is 0 Å². The molecule has 0 spiro atoms. The summed E-state index contributed by atoms with van der Waals surface area (Å²) >= 11 is 0. The first-order chi connectivity index (χ1) is 10.3. The second-order valence-corrected chi connectivity index (χ2v) is 5.92. The first-order valence-corrected chi connectivity index (χ1v) is 7.43. The number of hydrogen-bond acceptors (Lipinski definition) is 3. The number of hydrogen-bond donors (Lipinski definition) is 2. The largest absolute Gasteiger partial charge is 0.497 e. The van der Waals surface area contributed by atoms with Crippen LogP contribution in [0.15, 0.2) is 35.3 Å². The first-order valence-electron chi connectivity index (χ1n) is 7.43. The van der Waals surface area contributed by atoms with E-state index in [9.17, 15) is 4.79 Å². The van der Waals surface area contributed by atoms with Crippen molar-refractivity contribution in [2.24, 2.45) is 0 Å². The predicted octanol–water partition coefficient (Wildman–Crippen LogP) is 3.49. The number of aromatic amines is 1. The van der Waals surface area contributed by atoms with Crippen molar-refractivity contribution < 1.29 is 4.74 Å². The minimum absolute atomic E-state index is 0.0911. The summed E-state index contributed by atoms with van der Waals surface area (Å²) < 4.78 is 5.26. The Balaban J connectivity index is 1.75. The Hall–Kier alpha value is -2.23. The summed E-state index contributed by atoms with van der Waals surface area (Å²) in [5, 5.41) is 3.44. The van der Waals surface area contributed by atoms with Gasteiger partial charge >= 0.3 is 0 Å². The number of benzene rings is 1. The van der Waals surface area contributed by atoms with Crippen molar-refractivity contribution in [1.82, 2.24) is 4.98 Å². The number of H-pyrrole nitrogens is 1. The third kappa shape index (κ3) is 1.94. The Kier molecular flexibility index (Phi) is 2.77. The van der Waals surface area contributed by atoms with Crippen molar-refractivity contribution in [3.8, 4) is 5.75 Å². The first kappa shape index (κ1) is 12.5. The molecule has 1 heterocycles. The van der Waals surface area contributed by atoms with Crippen LogP contribution in [0.1, 0.15) is 42.2 Å². The average Bonchev–Trinajstić information content (AvgIpc) is 3.12. The summed E-state index contributed by atoms with van der Waals surface area (Å²) in [5.74, 6) is 1.82. The van der Waals surface area contributed by atoms with Gasteiger partial charge in [0.2, 0.25) is 0 Å². The van der Waals surface area contributed by atoms with Crippen LogP contribution in [0, 0.1) is 0 Å². The standard InChI is InChI=1S/C17H18N2O2/c1-21-13-4-2-3-12(8-13)19-14-9-18-17(20)16-11-6-5-10(7-11)15(14)16/h2-4,8-11,19H,5-7H2,1H3,(H,18,20). The van der Waals surface area contributed by atoms with E-state index in [0.29, 0.717) is 11.8 Å². The van der Waals surface area contributed by atoms with E-state index in [4.69, 9.17) is 4.74 Å². The molecule has 2 atom stereocenters. The van der Waals surface area contributed by atoms with Gasteiger partial charge in [-0.05, 0) is 48.8 Å². The van der Waals surface area contributed by atoms with Crippen LogP contribution in [0.4, 0.5) is 11.4 Å². The number of nitrogens with one attached hydrogen (secondary N) is 2. The zero-order valence-corrected chi connectivity index (χ0v) is 12.0. The third-order valence-corrected chi connectivity index (χ3v) is 4.77. The maximum absolute atomic E-state index is 12.1. The van der Waals surface area contributed by atoms with E-state index in [1.165, 1.54) is 12.0 Å². The van der Waals surface area contributed by atoms with Gasteiger partial charge in [0.15, 0.2) is 0 Å². The predicted molar refractivity (Wildman–Crippen MR) is 82.7 cm³/mol. The van der Waals surface area contributed by atoms with Crippen LogP contribution in [0.25, 0.3) is 0 Å². The maximum atomic E-state index is 12.1. The minimum Gasteiger partial charge on any atom is -0.497 e. The number of ether oxygens (including phenoxy) is 1. The van der Waals surface area contributed by atoms with Crippen LogP contribution < -0.4 is 15.6 Å². The van der Waals surface area contributed by atoms with Gasteiger partial charge in [0, 0.05) is 23.5 Å². The molecule has 2 aliphatic rings. The molecule has 4 heteroatoms. The van der Waals surface area contributed by atoms with Crippen molar-refractivity contribution in [2.45, 2.75) is 31.1 Å². The molecule has 1 fully saturated rings. The Morgan fingerprint density at radius 3 is 2.86 bits per heavy atom. The van der Waals surface area contributed by atoms with Crippen molar-refractivity contribution in [2.75, 3.05) is 12.4 Å². The fraction of sp³-hybridized carbons (Fsp3) is 0.353. The third-order valence-electron chi connectivity index (χ3n) is 4.77. The van der Waals surface area contributed by atoms with Crippen LogP contribution in [-0.2, 0) is 0 Å². The van der Waals surface area contributed by atoms with Gasteiger partial charge < -0.3 is 15.0 Å². The molecule has 2 bridgehead atoms. The fourth-order valence-corrected chi connectivity index (χ4v) is 3.87. The number of fused-ring (bicyclic) bond motifs is 5. The lowest BCUT2D eigenvalue weighted by atomic mass is 9.92. The van der Waals surface area contributed by atoms with Gasteiger partial charge in [0.05, 0.1) is 12.8 Å². The summed E-state index contributed by atoms with van der Waals surface area (Å²) in [7, 11) is 1.66. The maximum Gasteiger partial charge on any atom is 0.251 e. The van der Waals surface area contributed by atoms with E-state index in [1.54, 1.807) is 13.3 Å². The van der Waals surface area contributed by atoms with E-state index < -0.39 is 0 Å².